The van der Waals surface area contributed by atoms with Gasteiger partial charge in [0.2, 0.25) is 5.95 Å². The van der Waals surface area contributed by atoms with E-state index in [2.05, 4.69) is 20.6 Å². The molecule has 0 amide bonds. The molecule has 0 spiro atoms. The zero-order valence-electron chi connectivity index (χ0n) is 14.1. The summed E-state index contributed by atoms with van der Waals surface area (Å²) in [5, 5.41) is 5.92. The second-order valence-electron chi connectivity index (χ2n) is 5.73. The summed E-state index contributed by atoms with van der Waals surface area (Å²) in [6.07, 6.45) is -2.37. The fraction of sp³-hybridized carbons (Fsp3) is 0.158. The van der Waals surface area contributed by atoms with E-state index in [0.29, 0.717) is 30.0 Å². The molecule has 0 fully saturated rings. The lowest BCUT2D eigenvalue weighted by molar-refractivity contribution is -0.137. The van der Waals surface area contributed by atoms with E-state index in [4.69, 9.17) is 0 Å². The molecule has 0 atom stereocenters. The lowest BCUT2D eigenvalue weighted by atomic mass is 10.1. The molecule has 4 nitrogen and oxygen atoms in total. The van der Waals surface area contributed by atoms with Crippen molar-refractivity contribution in [1.29, 1.82) is 0 Å². The molecule has 0 saturated carbocycles. The van der Waals surface area contributed by atoms with Gasteiger partial charge in [-0.05, 0) is 48.4 Å². The van der Waals surface area contributed by atoms with Crippen molar-refractivity contribution in [3.8, 4) is 0 Å². The molecule has 0 radical (unpaired) electrons. The van der Waals surface area contributed by atoms with Crippen LogP contribution in [0.5, 0.6) is 0 Å². The molecule has 0 aliphatic heterocycles. The average molecular weight is 376 g/mol. The van der Waals surface area contributed by atoms with E-state index in [0.717, 1.165) is 12.1 Å². The van der Waals surface area contributed by atoms with Crippen LogP contribution < -0.4 is 10.6 Å². The largest absolute Gasteiger partial charge is 0.416 e. The molecular formula is C19H16F4N4. The summed E-state index contributed by atoms with van der Waals surface area (Å²) < 4.78 is 51.4. The normalized spacial score (nSPS) is 11.3. The standard InChI is InChI=1S/C19H16F4N4/c20-16-4-2-1-3-13(16)9-11-24-17-10-12-25-18(27-17)26-15-7-5-14(6-8-15)19(21,22)23/h1-8,10,12H,9,11H2,(H2,24,25,26,27). The highest BCUT2D eigenvalue weighted by molar-refractivity contribution is 5.55. The quantitative estimate of drug-likeness (QED) is 0.592. The van der Waals surface area contributed by atoms with Gasteiger partial charge in [-0.1, -0.05) is 18.2 Å². The highest BCUT2D eigenvalue weighted by Crippen LogP contribution is 2.30. The maximum absolute atomic E-state index is 13.6. The van der Waals surface area contributed by atoms with Crippen LogP contribution in [0.3, 0.4) is 0 Å². The van der Waals surface area contributed by atoms with Crippen LogP contribution in [0, 0.1) is 5.82 Å². The van der Waals surface area contributed by atoms with Gasteiger partial charge in [0.25, 0.3) is 0 Å². The summed E-state index contributed by atoms with van der Waals surface area (Å²) in [6.45, 7) is 0.470. The number of nitrogens with one attached hydrogen (secondary N) is 2. The molecular weight excluding hydrogens is 360 g/mol. The Morgan fingerprint density at radius 3 is 2.37 bits per heavy atom. The van der Waals surface area contributed by atoms with Gasteiger partial charge in [0, 0.05) is 18.4 Å². The fourth-order valence-corrected chi connectivity index (χ4v) is 2.42. The van der Waals surface area contributed by atoms with E-state index >= 15 is 0 Å². The molecule has 2 aromatic carbocycles. The van der Waals surface area contributed by atoms with Crippen molar-refractivity contribution in [1.82, 2.24) is 9.97 Å². The molecule has 0 saturated heterocycles. The van der Waals surface area contributed by atoms with Crippen LogP contribution in [-0.2, 0) is 12.6 Å². The van der Waals surface area contributed by atoms with Crippen LogP contribution in [0.4, 0.5) is 35.0 Å². The van der Waals surface area contributed by atoms with Crippen molar-refractivity contribution in [3.63, 3.8) is 0 Å². The van der Waals surface area contributed by atoms with Gasteiger partial charge in [-0.15, -0.1) is 0 Å². The molecule has 1 aromatic heterocycles. The van der Waals surface area contributed by atoms with E-state index in [1.165, 1.54) is 24.4 Å². The lowest BCUT2D eigenvalue weighted by Gasteiger charge is -2.10. The van der Waals surface area contributed by atoms with Crippen molar-refractivity contribution < 1.29 is 17.6 Å². The SMILES string of the molecule is Fc1ccccc1CCNc1ccnc(Nc2ccc(C(F)(F)F)cc2)n1. The van der Waals surface area contributed by atoms with Crippen LogP contribution >= 0.6 is 0 Å². The summed E-state index contributed by atoms with van der Waals surface area (Å²) >= 11 is 0. The Balaban J connectivity index is 1.59. The Morgan fingerprint density at radius 1 is 0.926 bits per heavy atom. The molecule has 140 valence electrons. The minimum atomic E-state index is -4.38. The number of hydrogen-bond donors (Lipinski definition) is 2. The molecule has 0 bridgehead atoms. The van der Waals surface area contributed by atoms with Crippen LogP contribution in [0.15, 0.2) is 60.8 Å². The summed E-state index contributed by atoms with van der Waals surface area (Å²) in [5.74, 6) is 0.507. The van der Waals surface area contributed by atoms with E-state index in [-0.39, 0.29) is 11.8 Å². The highest BCUT2D eigenvalue weighted by Gasteiger charge is 2.29. The minimum Gasteiger partial charge on any atom is -0.370 e. The number of benzene rings is 2. The Morgan fingerprint density at radius 2 is 1.67 bits per heavy atom. The number of rotatable bonds is 6. The second kappa shape index (κ2) is 8.03. The van der Waals surface area contributed by atoms with Gasteiger partial charge in [0.1, 0.15) is 11.6 Å². The molecule has 3 aromatic rings. The van der Waals surface area contributed by atoms with Gasteiger partial charge < -0.3 is 10.6 Å². The first-order valence-electron chi connectivity index (χ1n) is 8.16. The number of alkyl halides is 3. The number of halogens is 4. The van der Waals surface area contributed by atoms with Gasteiger partial charge in [-0.25, -0.2) is 9.37 Å². The predicted molar refractivity (Wildman–Crippen MR) is 95.4 cm³/mol. The smallest absolute Gasteiger partial charge is 0.370 e. The van der Waals surface area contributed by atoms with Gasteiger partial charge in [0.15, 0.2) is 0 Å². The Labute approximate surface area is 153 Å². The third-order valence-electron chi connectivity index (χ3n) is 3.78. The van der Waals surface area contributed by atoms with Crippen molar-refractivity contribution in [2.24, 2.45) is 0 Å². The summed E-state index contributed by atoms with van der Waals surface area (Å²) in [5.41, 5.74) is 0.311. The highest BCUT2D eigenvalue weighted by atomic mass is 19.4. The van der Waals surface area contributed by atoms with Gasteiger partial charge in [0.05, 0.1) is 5.56 Å². The Kier molecular flexibility index (Phi) is 5.54. The summed E-state index contributed by atoms with van der Waals surface area (Å²) in [6, 6.07) is 12.8. The summed E-state index contributed by atoms with van der Waals surface area (Å²) in [4.78, 5) is 8.29. The van der Waals surface area contributed by atoms with Crippen molar-refractivity contribution in [2.75, 3.05) is 17.2 Å². The number of hydrogen-bond acceptors (Lipinski definition) is 4. The van der Waals surface area contributed by atoms with E-state index < -0.39 is 11.7 Å². The van der Waals surface area contributed by atoms with Gasteiger partial charge in [-0.2, -0.15) is 18.2 Å². The first-order valence-corrected chi connectivity index (χ1v) is 8.16. The van der Waals surface area contributed by atoms with Crippen molar-refractivity contribution in [2.45, 2.75) is 12.6 Å². The maximum atomic E-state index is 13.6. The zero-order chi connectivity index (χ0) is 19.3. The van der Waals surface area contributed by atoms with Crippen LogP contribution in [0.25, 0.3) is 0 Å². The lowest BCUT2D eigenvalue weighted by Crippen LogP contribution is -2.08. The molecule has 0 unspecified atom stereocenters. The predicted octanol–water partition coefficient (Wildman–Crippen LogP) is 5.03. The Bertz CT molecular complexity index is 895. The van der Waals surface area contributed by atoms with Crippen molar-refractivity contribution >= 4 is 17.5 Å². The molecule has 27 heavy (non-hydrogen) atoms. The molecule has 8 heteroatoms. The monoisotopic (exact) mass is 376 g/mol. The topological polar surface area (TPSA) is 49.8 Å². The molecule has 3 rings (SSSR count). The van der Waals surface area contributed by atoms with Gasteiger partial charge >= 0.3 is 6.18 Å². The molecule has 0 aliphatic rings. The Hall–Kier alpha value is -3.16. The first kappa shape index (κ1) is 18.6. The number of anilines is 3. The van der Waals surface area contributed by atoms with Crippen molar-refractivity contribution in [3.05, 3.63) is 77.7 Å². The molecule has 2 N–H and O–H groups in total. The minimum absolute atomic E-state index is 0.241. The maximum Gasteiger partial charge on any atom is 0.416 e. The number of nitrogens with zero attached hydrogens (tertiary/aromatic N) is 2. The van der Waals surface area contributed by atoms with Gasteiger partial charge in [-0.3, -0.25) is 0 Å². The third-order valence-corrected chi connectivity index (χ3v) is 3.78. The zero-order valence-corrected chi connectivity index (χ0v) is 14.1. The third kappa shape index (κ3) is 5.16. The fourth-order valence-electron chi connectivity index (χ4n) is 2.42. The van der Waals surface area contributed by atoms with Crippen LogP contribution in [0.1, 0.15) is 11.1 Å². The van der Waals surface area contributed by atoms with E-state index in [1.807, 2.05) is 0 Å². The van der Waals surface area contributed by atoms with E-state index in [9.17, 15) is 17.6 Å². The van der Waals surface area contributed by atoms with E-state index in [1.54, 1.807) is 24.3 Å². The summed E-state index contributed by atoms with van der Waals surface area (Å²) in [7, 11) is 0. The molecule has 0 aliphatic carbocycles. The van der Waals surface area contributed by atoms with Crippen LogP contribution in [0.2, 0.25) is 0 Å². The average Bonchev–Trinajstić information content (AvgIpc) is 2.63. The number of aromatic nitrogens is 2. The first-order chi connectivity index (χ1) is 12.9. The molecule has 1 heterocycles. The van der Waals surface area contributed by atoms with Crippen LogP contribution in [-0.4, -0.2) is 16.5 Å². The second-order valence-corrected chi connectivity index (χ2v) is 5.73.